The Morgan fingerprint density at radius 3 is 2.96 bits per heavy atom. The molecule has 128 valence electrons. The molecule has 0 N–H and O–H groups in total. The molecule has 24 heavy (non-hydrogen) atoms. The zero-order valence-electron chi connectivity index (χ0n) is 14.3. The van der Waals surface area contributed by atoms with E-state index in [0.29, 0.717) is 36.5 Å². The Morgan fingerprint density at radius 1 is 1.38 bits per heavy atom. The van der Waals surface area contributed by atoms with E-state index in [1.807, 2.05) is 24.1 Å². The average Bonchev–Trinajstić information content (AvgIpc) is 3.09. The van der Waals surface area contributed by atoms with Gasteiger partial charge in [-0.15, -0.1) is 0 Å². The minimum absolute atomic E-state index is 0.148. The van der Waals surface area contributed by atoms with E-state index in [9.17, 15) is 4.79 Å². The van der Waals surface area contributed by atoms with Crippen molar-refractivity contribution >= 4 is 5.91 Å². The molecule has 3 rings (SSSR count). The van der Waals surface area contributed by atoms with Crippen molar-refractivity contribution in [3.63, 3.8) is 0 Å². The van der Waals surface area contributed by atoms with Gasteiger partial charge in [0.15, 0.2) is 0 Å². The molecule has 0 radical (unpaired) electrons. The number of hydrogen-bond donors (Lipinski definition) is 0. The Hall–Kier alpha value is -2.24. The summed E-state index contributed by atoms with van der Waals surface area (Å²) in [6, 6.07) is 4.07. The summed E-state index contributed by atoms with van der Waals surface area (Å²) in [5, 5.41) is 3.96. The summed E-state index contributed by atoms with van der Waals surface area (Å²) in [5.74, 6) is 1.73. The van der Waals surface area contributed by atoms with E-state index in [0.717, 1.165) is 12.0 Å². The Morgan fingerprint density at radius 2 is 2.21 bits per heavy atom. The van der Waals surface area contributed by atoms with Crippen LogP contribution in [0.2, 0.25) is 0 Å². The van der Waals surface area contributed by atoms with Crippen LogP contribution in [0.25, 0.3) is 11.4 Å². The maximum Gasteiger partial charge on any atom is 0.227 e. The molecular weight excluding hydrogens is 304 g/mol. The van der Waals surface area contributed by atoms with Gasteiger partial charge in [0.1, 0.15) is 0 Å². The van der Waals surface area contributed by atoms with Gasteiger partial charge in [-0.25, -0.2) is 0 Å². The predicted octanol–water partition coefficient (Wildman–Crippen LogP) is 3.10. The Balaban J connectivity index is 1.55. The first-order valence-electron chi connectivity index (χ1n) is 8.64. The lowest BCUT2D eigenvalue weighted by molar-refractivity contribution is -0.133. The van der Waals surface area contributed by atoms with Crippen molar-refractivity contribution in [3.05, 3.63) is 30.4 Å². The van der Waals surface area contributed by atoms with Crippen molar-refractivity contribution in [2.75, 3.05) is 7.05 Å². The van der Waals surface area contributed by atoms with Crippen LogP contribution >= 0.6 is 0 Å². The van der Waals surface area contributed by atoms with Crippen LogP contribution in [0.5, 0.6) is 0 Å². The summed E-state index contributed by atoms with van der Waals surface area (Å²) < 4.78 is 5.26. The molecule has 1 aliphatic rings. The van der Waals surface area contributed by atoms with E-state index in [2.05, 4.69) is 22.0 Å². The second-order valence-corrected chi connectivity index (χ2v) is 6.59. The first kappa shape index (κ1) is 16.6. The molecule has 2 heterocycles. The Kier molecular flexibility index (Phi) is 5.23. The van der Waals surface area contributed by atoms with Crippen LogP contribution in [0, 0.1) is 5.92 Å². The normalized spacial score (nSPS) is 20.8. The van der Waals surface area contributed by atoms with Crippen molar-refractivity contribution in [2.45, 2.75) is 51.5 Å². The van der Waals surface area contributed by atoms with E-state index in [4.69, 9.17) is 4.52 Å². The third-order valence-electron chi connectivity index (χ3n) is 4.90. The predicted molar refractivity (Wildman–Crippen MR) is 90.0 cm³/mol. The average molecular weight is 328 g/mol. The van der Waals surface area contributed by atoms with E-state index < -0.39 is 0 Å². The molecule has 1 aliphatic carbocycles. The number of aromatic nitrogens is 3. The molecule has 0 saturated heterocycles. The third kappa shape index (κ3) is 3.80. The van der Waals surface area contributed by atoms with Crippen LogP contribution < -0.4 is 0 Å². The minimum atomic E-state index is 0.148. The molecule has 2 atom stereocenters. The van der Waals surface area contributed by atoms with Crippen molar-refractivity contribution in [1.82, 2.24) is 20.0 Å². The molecule has 0 spiro atoms. The van der Waals surface area contributed by atoms with Crippen molar-refractivity contribution in [1.29, 1.82) is 0 Å². The maximum absolute atomic E-state index is 12.5. The lowest BCUT2D eigenvalue weighted by Gasteiger charge is -2.36. The van der Waals surface area contributed by atoms with Crippen LogP contribution in [0.4, 0.5) is 0 Å². The standard InChI is InChI=1S/C18H24N4O2/c1-13-6-3-4-8-15(13)22(2)17(23)10-9-16-20-18(21-24-16)14-7-5-11-19-12-14/h5,7,11-13,15H,3-4,6,8-10H2,1-2H3/t13-,15-/m1/s1. The van der Waals surface area contributed by atoms with Crippen LogP contribution in [-0.4, -0.2) is 39.0 Å². The fraction of sp³-hybridized carbons (Fsp3) is 0.556. The van der Waals surface area contributed by atoms with Gasteiger partial charge in [-0.1, -0.05) is 24.9 Å². The van der Waals surface area contributed by atoms with Gasteiger partial charge in [-0.05, 0) is 30.9 Å². The molecule has 6 heteroatoms. The number of nitrogens with zero attached hydrogens (tertiary/aromatic N) is 4. The van der Waals surface area contributed by atoms with Crippen LogP contribution in [0.3, 0.4) is 0 Å². The van der Waals surface area contributed by atoms with Crippen molar-refractivity contribution in [3.8, 4) is 11.4 Å². The van der Waals surface area contributed by atoms with Gasteiger partial charge in [0.25, 0.3) is 0 Å². The topological polar surface area (TPSA) is 72.1 Å². The van der Waals surface area contributed by atoms with Gasteiger partial charge in [0.05, 0.1) is 0 Å². The fourth-order valence-electron chi connectivity index (χ4n) is 3.42. The van der Waals surface area contributed by atoms with Gasteiger partial charge in [0, 0.05) is 43.9 Å². The summed E-state index contributed by atoms with van der Waals surface area (Å²) in [4.78, 5) is 22.8. The molecule has 2 aromatic rings. The fourth-order valence-corrected chi connectivity index (χ4v) is 3.42. The zero-order chi connectivity index (χ0) is 16.9. The number of rotatable bonds is 5. The van der Waals surface area contributed by atoms with Crippen molar-refractivity contribution < 1.29 is 9.32 Å². The number of amides is 1. The highest BCUT2D eigenvalue weighted by Gasteiger charge is 2.27. The van der Waals surface area contributed by atoms with E-state index >= 15 is 0 Å². The van der Waals surface area contributed by atoms with Crippen LogP contribution in [0.15, 0.2) is 29.0 Å². The summed E-state index contributed by atoms with van der Waals surface area (Å²) in [7, 11) is 1.92. The number of pyridine rings is 1. The molecule has 0 bridgehead atoms. The third-order valence-corrected chi connectivity index (χ3v) is 4.90. The SMILES string of the molecule is C[C@@H]1CCCC[C@H]1N(C)C(=O)CCc1nc(-c2cccnc2)no1. The summed E-state index contributed by atoms with van der Waals surface area (Å²) >= 11 is 0. The monoisotopic (exact) mass is 328 g/mol. The smallest absolute Gasteiger partial charge is 0.227 e. The molecule has 1 fully saturated rings. The second-order valence-electron chi connectivity index (χ2n) is 6.59. The second kappa shape index (κ2) is 7.55. The summed E-state index contributed by atoms with van der Waals surface area (Å²) in [6.07, 6.45) is 9.06. The number of hydrogen-bond acceptors (Lipinski definition) is 5. The van der Waals surface area contributed by atoms with Crippen molar-refractivity contribution in [2.24, 2.45) is 5.92 Å². The molecular formula is C18H24N4O2. The molecule has 2 aromatic heterocycles. The van der Waals surface area contributed by atoms with Crippen LogP contribution in [0.1, 0.15) is 44.9 Å². The molecule has 0 unspecified atom stereocenters. The minimum Gasteiger partial charge on any atom is -0.342 e. The van der Waals surface area contributed by atoms with E-state index in [-0.39, 0.29) is 5.91 Å². The molecule has 1 amide bonds. The highest BCUT2D eigenvalue weighted by Crippen LogP contribution is 2.27. The largest absolute Gasteiger partial charge is 0.342 e. The lowest BCUT2D eigenvalue weighted by Crippen LogP contribution is -2.42. The molecule has 1 saturated carbocycles. The quantitative estimate of drug-likeness (QED) is 0.843. The van der Waals surface area contributed by atoms with Gasteiger partial charge >= 0.3 is 0 Å². The van der Waals surface area contributed by atoms with Crippen LogP contribution in [-0.2, 0) is 11.2 Å². The lowest BCUT2D eigenvalue weighted by atomic mass is 9.85. The highest BCUT2D eigenvalue weighted by atomic mass is 16.5. The van der Waals surface area contributed by atoms with Gasteiger partial charge in [-0.2, -0.15) is 4.98 Å². The zero-order valence-corrected chi connectivity index (χ0v) is 14.3. The van der Waals surface area contributed by atoms with Gasteiger partial charge in [0.2, 0.25) is 17.6 Å². The summed E-state index contributed by atoms with van der Waals surface area (Å²) in [6.45, 7) is 2.24. The molecule has 0 aliphatic heterocycles. The van der Waals surface area contributed by atoms with E-state index in [1.165, 1.54) is 19.3 Å². The first-order chi connectivity index (χ1) is 11.6. The Labute approximate surface area is 142 Å². The number of carbonyl (C=O) groups is 1. The summed E-state index contributed by atoms with van der Waals surface area (Å²) in [5.41, 5.74) is 0.812. The van der Waals surface area contributed by atoms with Gasteiger partial charge < -0.3 is 9.42 Å². The Bertz CT molecular complexity index is 671. The maximum atomic E-state index is 12.5. The first-order valence-corrected chi connectivity index (χ1v) is 8.64. The number of aryl methyl sites for hydroxylation is 1. The van der Waals surface area contributed by atoms with Gasteiger partial charge in [-0.3, -0.25) is 9.78 Å². The molecule has 0 aromatic carbocycles. The highest BCUT2D eigenvalue weighted by molar-refractivity contribution is 5.76. The van der Waals surface area contributed by atoms with E-state index in [1.54, 1.807) is 12.4 Å². The molecule has 6 nitrogen and oxygen atoms in total. The number of carbonyl (C=O) groups excluding carboxylic acids is 1.